The van der Waals surface area contributed by atoms with Gasteiger partial charge in [-0.1, -0.05) is 39.8 Å². The van der Waals surface area contributed by atoms with Gasteiger partial charge in [-0.25, -0.2) is 0 Å². The summed E-state index contributed by atoms with van der Waals surface area (Å²) in [5, 5.41) is 0. The molecular weight excluding hydrogens is 222 g/mol. The Morgan fingerprint density at radius 2 is 1.83 bits per heavy atom. The van der Waals surface area contributed by atoms with Crippen molar-refractivity contribution in [2.24, 2.45) is 5.92 Å². The van der Waals surface area contributed by atoms with Crippen LogP contribution >= 0.6 is 0 Å². The number of hydrogen-bond acceptors (Lipinski definition) is 2. The molecule has 0 aliphatic rings. The first-order valence-corrected chi connectivity index (χ1v) is 6.94. The Kier molecular flexibility index (Phi) is 9.39. The molecule has 0 radical (unpaired) electrons. The van der Waals surface area contributed by atoms with Crippen LogP contribution in [0.3, 0.4) is 0 Å². The summed E-state index contributed by atoms with van der Waals surface area (Å²) in [7, 11) is 4.15. The smallest absolute Gasteiger partial charge is 0.119 e. The standard InChI is InChI=1S/C14H23NO.C2H6/c1-12(2)8-9-16-14-7-5-6-13(10-14)11-15(3)4;1-2/h5-7,10,12H,8-9,11H2,1-4H3;1-2H3. The fraction of sp³-hybridized carbons (Fsp3) is 0.625. The Morgan fingerprint density at radius 1 is 1.17 bits per heavy atom. The molecule has 18 heavy (non-hydrogen) atoms. The second-order valence-electron chi connectivity index (χ2n) is 4.92. The van der Waals surface area contributed by atoms with Crippen molar-refractivity contribution < 1.29 is 4.74 Å². The summed E-state index contributed by atoms with van der Waals surface area (Å²) in [6, 6.07) is 8.35. The monoisotopic (exact) mass is 251 g/mol. The molecular formula is C16H29NO. The first kappa shape index (κ1) is 17.0. The van der Waals surface area contributed by atoms with Crippen LogP contribution in [-0.2, 0) is 6.54 Å². The summed E-state index contributed by atoms with van der Waals surface area (Å²) >= 11 is 0. The van der Waals surface area contributed by atoms with Gasteiger partial charge in [0.25, 0.3) is 0 Å². The van der Waals surface area contributed by atoms with Gasteiger partial charge in [-0.3, -0.25) is 0 Å². The van der Waals surface area contributed by atoms with Crippen LogP contribution in [0.4, 0.5) is 0 Å². The molecule has 0 N–H and O–H groups in total. The second-order valence-corrected chi connectivity index (χ2v) is 4.92. The number of nitrogens with zero attached hydrogens (tertiary/aromatic N) is 1. The van der Waals surface area contributed by atoms with E-state index in [1.165, 1.54) is 5.56 Å². The fourth-order valence-corrected chi connectivity index (χ4v) is 1.51. The third-order valence-corrected chi connectivity index (χ3v) is 2.36. The van der Waals surface area contributed by atoms with Gasteiger partial charge in [0.15, 0.2) is 0 Å². The molecule has 2 heteroatoms. The lowest BCUT2D eigenvalue weighted by atomic mass is 10.1. The van der Waals surface area contributed by atoms with Crippen molar-refractivity contribution in [2.75, 3.05) is 20.7 Å². The number of ether oxygens (including phenoxy) is 1. The SMILES string of the molecule is CC.CC(C)CCOc1cccc(CN(C)C)c1. The van der Waals surface area contributed by atoms with Crippen LogP contribution in [0.1, 0.15) is 39.7 Å². The molecule has 0 heterocycles. The summed E-state index contributed by atoms with van der Waals surface area (Å²) < 4.78 is 5.72. The zero-order valence-electron chi connectivity index (χ0n) is 12.9. The van der Waals surface area contributed by atoms with Crippen molar-refractivity contribution in [1.29, 1.82) is 0 Å². The van der Waals surface area contributed by atoms with Crippen molar-refractivity contribution in [2.45, 2.75) is 40.7 Å². The lowest BCUT2D eigenvalue weighted by molar-refractivity contribution is 0.289. The van der Waals surface area contributed by atoms with Gasteiger partial charge >= 0.3 is 0 Å². The molecule has 1 aromatic rings. The minimum atomic E-state index is 0.699. The van der Waals surface area contributed by atoms with Crippen LogP contribution in [0.2, 0.25) is 0 Å². The van der Waals surface area contributed by atoms with E-state index in [0.717, 1.165) is 25.3 Å². The summed E-state index contributed by atoms with van der Waals surface area (Å²) in [5.41, 5.74) is 1.30. The molecule has 0 amide bonds. The molecule has 0 aliphatic heterocycles. The number of rotatable bonds is 6. The second kappa shape index (κ2) is 9.95. The minimum absolute atomic E-state index is 0.699. The van der Waals surface area contributed by atoms with E-state index in [1.807, 2.05) is 19.9 Å². The van der Waals surface area contributed by atoms with E-state index in [2.05, 4.69) is 51.0 Å². The van der Waals surface area contributed by atoms with Crippen LogP contribution in [0.5, 0.6) is 5.75 Å². The number of hydrogen-bond donors (Lipinski definition) is 0. The molecule has 1 rings (SSSR count). The number of benzene rings is 1. The highest BCUT2D eigenvalue weighted by Crippen LogP contribution is 2.15. The average molecular weight is 251 g/mol. The van der Waals surface area contributed by atoms with Crippen molar-refractivity contribution >= 4 is 0 Å². The van der Waals surface area contributed by atoms with E-state index in [-0.39, 0.29) is 0 Å². The van der Waals surface area contributed by atoms with Gasteiger partial charge in [0, 0.05) is 6.54 Å². The third kappa shape index (κ3) is 8.13. The Hall–Kier alpha value is -1.02. The van der Waals surface area contributed by atoms with Crippen molar-refractivity contribution in [3.05, 3.63) is 29.8 Å². The molecule has 1 aromatic carbocycles. The summed E-state index contributed by atoms with van der Waals surface area (Å²) in [4.78, 5) is 2.16. The van der Waals surface area contributed by atoms with Gasteiger partial charge in [0.1, 0.15) is 5.75 Å². The molecule has 0 aliphatic carbocycles. The highest BCUT2D eigenvalue weighted by Gasteiger charge is 1.99. The predicted molar refractivity (Wildman–Crippen MR) is 80.1 cm³/mol. The molecule has 0 saturated carbocycles. The highest BCUT2D eigenvalue weighted by molar-refractivity contribution is 5.28. The highest BCUT2D eigenvalue weighted by atomic mass is 16.5. The first-order valence-electron chi connectivity index (χ1n) is 6.94. The Morgan fingerprint density at radius 3 is 2.39 bits per heavy atom. The fourth-order valence-electron chi connectivity index (χ4n) is 1.51. The van der Waals surface area contributed by atoms with Gasteiger partial charge in [-0.15, -0.1) is 0 Å². The van der Waals surface area contributed by atoms with E-state index in [4.69, 9.17) is 4.74 Å². The van der Waals surface area contributed by atoms with Gasteiger partial charge in [-0.05, 0) is 44.1 Å². The Bertz CT molecular complexity index is 308. The average Bonchev–Trinajstić information content (AvgIpc) is 2.31. The first-order chi connectivity index (χ1) is 8.58. The molecule has 0 saturated heterocycles. The minimum Gasteiger partial charge on any atom is -0.494 e. The van der Waals surface area contributed by atoms with E-state index < -0.39 is 0 Å². The zero-order chi connectivity index (χ0) is 14.0. The molecule has 0 aromatic heterocycles. The molecule has 0 bridgehead atoms. The zero-order valence-corrected chi connectivity index (χ0v) is 12.9. The van der Waals surface area contributed by atoms with Gasteiger partial charge in [0.2, 0.25) is 0 Å². The lowest BCUT2D eigenvalue weighted by Crippen LogP contribution is -2.10. The van der Waals surface area contributed by atoms with Crippen LogP contribution in [-0.4, -0.2) is 25.6 Å². The summed E-state index contributed by atoms with van der Waals surface area (Å²) in [6.07, 6.45) is 1.11. The molecule has 0 unspecified atom stereocenters. The van der Waals surface area contributed by atoms with Crippen LogP contribution in [0, 0.1) is 5.92 Å². The maximum Gasteiger partial charge on any atom is 0.119 e. The predicted octanol–water partition coefficient (Wildman–Crippen LogP) is 4.20. The van der Waals surface area contributed by atoms with Crippen molar-refractivity contribution in [1.82, 2.24) is 4.90 Å². The quantitative estimate of drug-likeness (QED) is 0.751. The normalized spacial score (nSPS) is 10.2. The molecule has 0 spiro atoms. The maximum atomic E-state index is 5.72. The van der Waals surface area contributed by atoms with Crippen LogP contribution in [0.25, 0.3) is 0 Å². The molecule has 0 fully saturated rings. The molecule has 2 nitrogen and oxygen atoms in total. The summed E-state index contributed by atoms with van der Waals surface area (Å²) in [5.74, 6) is 1.69. The Labute approximate surface area is 113 Å². The Balaban J connectivity index is 0.00000137. The van der Waals surface area contributed by atoms with E-state index in [0.29, 0.717) is 5.92 Å². The third-order valence-electron chi connectivity index (χ3n) is 2.36. The molecule has 0 atom stereocenters. The summed E-state index contributed by atoms with van der Waals surface area (Å²) in [6.45, 7) is 10.2. The lowest BCUT2D eigenvalue weighted by Gasteiger charge is -2.12. The van der Waals surface area contributed by atoms with Crippen molar-refractivity contribution in [3.8, 4) is 5.75 Å². The van der Waals surface area contributed by atoms with Crippen molar-refractivity contribution in [3.63, 3.8) is 0 Å². The van der Waals surface area contributed by atoms with Gasteiger partial charge in [-0.2, -0.15) is 0 Å². The topological polar surface area (TPSA) is 12.5 Å². The largest absolute Gasteiger partial charge is 0.494 e. The van der Waals surface area contributed by atoms with Gasteiger partial charge < -0.3 is 9.64 Å². The van der Waals surface area contributed by atoms with Crippen LogP contribution < -0.4 is 4.74 Å². The van der Waals surface area contributed by atoms with E-state index in [9.17, 15) is 0 Å². The van der Waals surface area contributed by atoms with E-state index in [1.54, 1.807) is 0 Å². The molecule has 104 valence electrons. The van der Waals surface area contributed by atoms with Crippen LogP contribution in [0.15, 0.2) is 24.3 Å². The maximum absolute atomic E-state index is 5.72. The van der Waals surface area contributed by atoms with E-state index >= 15 is 0 Å². The van der Waals surface area contributed by atoms with Gasteiger partial charge in [0.05, 0.1) is 6.61 Å².